The van der Waals surface area contributed by atoms with Crippen molar-refractivity contribution < 1.29 is 0 Å². The largest absolute Gasteiger partial charge is 0.370 e. The molecule has 0 amide bonds. The van der Waals surface area contributed by atoms with Gasteiger partial charge in [-0.1, -0.05) is 33.1 Å². The predicted octanol–water partition coefficient (Wildman–Crippen LogP) is 4.07. The second-order valence-corrected chi connectivity index (χ2v) is 4.80. The topological polar surface area (TPSA) is 37.8 Å². The molecule has 0 aliphatic heterocycles. The Kier molecular flexibility index (Phi) is 6.27. The smallest absolute Gasteiger partial charge is 0.224 e. The number of aryl methyl sites for hydroxylation is 1. The van der Waals surface area contributed by atoms with Gasteiger partial charge in [-0.05, 0) is 30.9 Å². The highest BCUT2D eigenvalue weighted by Gasteiger charge is 2.06. The molecule has 1 aromatic heterocycles. The molecule has 0 spiro atoms. The lowest BCUT2D eigenvalue weighted by atomic mass is 9.99. The number of rotatable bonds is 7. The van der Waals surface area contributed by atoms with E-state index in [0.29, 0.717) is 11.2 Å². The molecule has 96 valence electrons. The lowest BCUT2D eigenvalue weighted by Crippen LogP contribution is -2.14. The van der Waals surface area contributed by atoms with E-state index in [-0.39, 0.29) is 0 Å². The minimum absolute atomic E-state index is 0.314. The van der Waals surface area contributed by atoms with Crippen LogP contribution in [0.4, 0.5) is 5.82 Å². The highest BCUT2D eigenvalue weighted by molar-refractivity contribution is 6.28. The van der Waals surface area contributed by atoms with Crippen LogP contribution in [0.1, 0.15) is 45.2 Å². The fraction of sp³-hybridized carbons (Fsp3) is 0.692. The summed E-state index contributed by atoms with van der Waals surface area (Å²) in [6.45, 7) is 7.35. The number of nitrogens with zero attached hydrogens (tertiary/aromatic N) is 2. The van der Waals surface area contributed by atoms with E-state index in [1.807, 2.05) is 13.0 Å². The molecule has 0 radical (unpaired) electrons. The van der Waals surface area contributed by atoms with Crippen molar-refractivity contribution in [3.63, 3.8) is 0 Å². The number of hydrogen-bond donors (Lipinski definition) is 1. The first-order chi connectivity index (χ1) is 8.15. The Hall–Kier alpha value is -0.830. The van der Waals surface area contributed by atoms with Gasteiger partial charge in [-0.2, -0.15) is 0 Å². The van der Waals surface area contributed by atoms with Crippen molar-refractivity contribution in [1.82, 2.24) is 9.97 Å². The van der Waals surface area contributed by atoms with Gasteiger partial charge >= 0.3 is 0 Å². The fourth-order valence-corrected chi connectivity index (χ4v) is 2.04. The van der Waals surface area contributed by atoms with Crippen molar-refractivity contribution in [2.24, 2.45) is 5.92 Å². The summed E-state index contributed by atoms with van der Waals surface area (Å²) in [7, 11) is 0. The first-order valence-electron chi connectivity index (χ1n) is 6.40. The number of aromatic nitrogens is 2. The molecule has 4 heteroatoms. The highest BCUT2D eigenvalue weighted by Crippen LogP contribution is 2.15. The maximum atomic E-state index is 5.82. The fourth-order valence-electron chi connectivity index (χ4n) is 1.82. The average Bonchev–Trinajstić information content (AvgIpc) is 2.28. The number of nitrogens with one attached hydrogen (secondary N) is 1. The Morgan fingerprint density at radius 3 is 2.71 bits per heavy atom. The predicted molar refractivity (Wildman–Crippen MR) is 73.6 cm³/mol. The lowest BCUT2D eigenvalue weighted by Gasteiger charge is -2.15. The van der Waals surface area contributed by atoms with Crippen molar-refractivity contribution in [2.45, 2.75) is 46.5 Å². The second kappa shape index (κ2) is 7.49. The van der Waals surface area contributed by atoms with Crippen LogP contribution < -0.4 is 5.32 Å². The summed E-state index contributed by atoms with van der Waals surface area (Å²) >= 11 is 5.82. The molecule has 0 bridgehead atoms. The standard InChI is InChI=1S/C13H22ClN3/c1-4-6-7-11(5-2)9-15-12-8-10(3)16-13(14)17-12/h8,11H,4-7,9H2,1-3H3,(H,15,16,17). The Balaban J connectivity index is 2.47. The van der Waals surface area contributed by atoms with Gasteiger partial charge in [0.05, 0.1) is 0 Å². The third-order valence-corrected chi connectivity index (χ3v) is 3.11. The molecule has 0 saturated heterocycles. The summed E-state index contributed by atoms with van der Waals surface area (Å²) in [4.78, 5) is 8.21. The van der Waals surface area contributed by atoms with E-state index in [1.165, 1.54) is 25.7 Å². The molecule has 0 aromatic carbocycles. The first-order valence-corrected chi connectivity index (χ1v) is 6.78. The first kappa shape index (κ1) is 14.2. The summed E-state index contributed by atoms with van der Waals surface area (Å²) in [5.74, 6) is 1.54. The molecule has 0 fully saturated rings. The molecule has 1 heterocycles. The quantitative estimate of drug-likeness (QED) is 0.747. The molecule has 0 aliphatic carbocycles. The van der Waals surface area contributed by atoms with Gasteiger partial charge in [0.25, 0.3) is 0 Å². The zero-order chi connectivity index (χ0) is 12.7. The Labute approximate surface area is 109 Å². The maximum Gasteiger partial charge on any atom is 0.224 e. The molecule has 0 aliphatic rings. The number of hydrogen-bond acceptors (Lipinski definition) is 3. The molecule has 1 atom stereocenters. The van der Waals surface area contributed by atoms with E-state index in [1.54, 1.807) is 0 Å². The minimum Gasteiger partial charge on any atom is -0.370 e. The molecule has 17 heavy (non-hydrogen) atoms. The summed E-state index contributed by atoms with van der Waals surface area (Å²) in [5, 5.41) is 3.66. The maximum absolute atomic E-state index is 5.82. The summed E-state index contributed by atoms with van der Waals surface area (Å²) < 4.78 is 0. The van der Waals surface area contributed by atoms with Crippen molar-refractivity contribution in [3.05, 3.63) is 17.0 Å². The van der Waals surface area contributed by atoms with Crippen LogP contribution in [-0.4, -0.2) is 16.5 Å². The zero-order valence-electron chi connectivity index (χ0n) is 11.0. The van der Waals surface area contributed by atoms with Crippen LogP contribution in [0.5, 0.6) is 0 Å². The third kappa shape index (κ3) is 5.35. The third-order valence-electron chi connectivity index (χ3n) is 2.94. The van der Waals surface area contributed by atoms with E-state index < -0.39 is 0 Å². The van der Waals surface area contributed by atoms with Crippen molar-refractivity contribution in [3.8, 4) is 0 Å². The Morgan fingerprint density at radius 2 is 2.12 bits per heavy atom. The monoisotopic (exact) mass is 255 g/mol. The SMILES string of the molecule is CCCCC(CC)CNc1cc(C)nc(Cl)n1. The van der Waals surface area contributed by atoms with Gasteiger partial charge in [0.2, 0.25) is 5.28 Å². The Morgan fingerprint density at radius 1 is 1.35 bits per heavy atom. The van der Waals surface area contributed by atoms with Crippen molar-refractivity contribution in [1.29, 1.82) is 0 Å². The van der Waals surface area contributed by atoms with Crippen LogP contribution in [0.2, 0.25) is 5.28 Å². The van der Waals surface area contributed by atoms with E-state index >= 15 is 0 Å². The molecule has 0 saturated carbocycles. The Bertz CT molecular complexity index is 321. The van der Waals surface area contributed by atoms with Gasteiger partial charge in [-0.3, -0.25) is 0 Å². The normalized spacial score (nSPS) is 12.5. The molecular weight excluding hydrogens is 234 g/mol. The number of unbranched alkanes of at least 4 members (excludes halogenated alkanes) is 1. The summed E-state index contributed by atoms with van der Waals surface area (Å²) in [6.07, 6.45) is 5.03. The van der Waals surface area contributed by atoms with Gasteiger partial charge in [-0.25, -0.2) is 9.97 Å². The lowest BCUT2D eigenvalue weighted by molar-refractivity contribution is 0.472. The van der Waals surface area contributed by atoms with Gasteiger partial charge in [0.15, 0.2) is 0 Å². The van der Waals surface area contributed by atoms with Crippen LogP contribution in [0.25, 0.3) is 0 Å². The highest BCUT2D eigenvalue weighted by atomic mass is 35.5. The van der Waals surface area contributed by atoms with Gasteiger partial charge in [0.1, 0.15) is 5.82 Å². The molecule has 1 rings (SSSR count). The van der Waals surface area contributed by atoms with Crippen LogP contribution in [-0.2, 0) is 0 Å². The summed E-state index contributed by atoms with van der Waals surface area (Å²) in [5.41, 5.74) is 0.897. The number of anilines is 1. The van der Waals surface area contributed by atoms with Gasteiger partial charge < -0.3 is 5.32 Å². The van der Waals surface area contributed by atoms with E-state index in [2.05, 4.69) is 29.1 Å². The van der Waals surface area contributed by atoms with Gasteiger partial charge in [-0.15, -0.1) is 0 Å². The van der Waals surface area contributed by atoms with Crippen LogP contribution >= 0.6 is 11.6 Å². The average molecular weight is 256 g/mol. The molecule has 3 nitrogen and oxygen atoms in total. The minimum atomic E-state index is 0.314. The number of halogens is 1. The molecule has 1 N–H and O–H groups in total. The van der Waals surface area contributed by atoms with E-state index in [4.69, 9.17) is 11.6 Å². The van der Waals surface area contributed by atoms with Gasteiger partial charge in [0, 0.05) is 18.3 Å². The van der Waals surface area contributed by atoms with Crippen LogP contribution in [0.3, 0.4) is 0 Å². The van der Waals surface area contributed by atoms with E-state index in [0.717, 1.165) is 18.1 Å². The molecule has 1 aromatic rings. The van der Waals surface area contributed by atoms with E-state index in [9.17, 15) is 0 Å². The second-order valence-electron chi connectivity index (χ2n) is 4.46. The zero-order valence-corrected chi connectivity index (χ0v) is 11.7. The summed E-state index contributed by atoms with van der Waals surface area (Å²) in [6, 6.07) is 1.93. The van der Waals surface area contributed by atoms with Crippen molar-refractivity contribution in [2.75, 3.05) is 11.9 Å². The van der Waals surface area contributed by atoms with Crippen LogP contribution in [0.15, 0.2) is 6.07 Å². The molecule has 1 unspecified atom stereocenters. The van der Waals surface area contributed by atoms with Crippen LogP contribution in [0, 0.1) is 12.8 Å². The molecular formula is C13H22ClN3. The van der Waals surface area contributed by atoms with Crippen molar-refractivity contribution >= 4 is 17.4 Å².